The predicted molar refractivity (Wildman–Crippen MR) is 76.8 cm³/mol. The molecule has 1 aromatic carbocycles. The van der Waals surface area contributed by atoms with E-state index in [1.165, 1.54) is 5.56 Å². The van der Waals surface area contributed by atoms with Crippen LogP contribution in [0.5, 0.6) is 0 Å². The first kappa shape index (κ1) is 11.6. The van der Waals surface area contributed by atoms with Crippen molar-refractivity contribution in [1.82, 2.24) is 14.8 Å². The lowest BCUT2D eigenvalue weighted by Gasteiger charge is -2.06. The first-order chi connectivity index (χ1) is 9.31. The molecule has 4 nitrogen and oxygen atoms in total. The number of rotatable bonds is 4. The molecule has 3 rings (SSSR count). The van der Waals surface area contributed by atoms with Crippen molar-refractivity contribution < 1.29 is 0 Å². The van der Waals surface area contributed by atoms with E-state index >= 15 is 0 Å². The SMILES string of the molecule is Cn1ccc(CNc2ccc(-c3ccn[nH]3)cc2)c1. The van der Waals surface area contributed by atoms with Gasteiger partial charge in [0.05, 0.1) is 5.69 Å². The number of aromatic nitrogens is 3. The summed E-state index contributed by atoms with van der Waals surface area (Å²) in [4.78, 5) is 0. The van der Waals surface area contributed by atoms with Gasteiger partial charge in [-0.15, -0.1) is 0 Å². The molecular formula is C15H16N4. The van der Waals surface area contributed by atoms with Crippen LogP contribution in [0.2, 0.25) is 0 Å². The molecule has 2 N–H and O–H groups in total. The van der Waals surface area contributed by atoms with Gasteiger partial charge in [-0.1, -0.05) is 12.1 Å². The van der Waals surface area contributed by atoms with Crippen LogP contribution < -0.4 is 5.32 Å². The Hall–Kier alpha value is -2.49. The van der Waals surface area contributed by atoms with Crippen molar-refractivity contribution in [1.29, 1.82) is 0 Å². The van der Waals surface area contributed by atoms with Crippen molar-refractivity contribution in [3.63, 3.8) is 0 Å². The molecule has 3 aromatic rings. The van der Waals surface area contributed by atoms with Gasteiger partial charge in [0.2, 0.25) is 0 Å². The van der Waals surface area contributed by atoms with Crippen molar-refractivity contribution in [3.8, 4) is 11.3 Å². The average Bonchev–Trinajstić information content (AvgIpc) is 3.08. The second-order valence-electron chi connectivity index (χ2n) is 4.59. The van der Waals surface area contributed by atoms with E-state index in [-0.39, 0.29) is 0 Å². The zero-order chi connectivity index (χ0) is 13.1. The molecule has 0 spiro atoms. The standard InChI is InChI=1S/C15H16N4/c1-19-9-7-12(11-19)10-16-14-4-2-13(3-5-14)15-6-8-17-18-15/h2-9,11,16H,10H2,1H3,(H,17,18). The predicted octanol–water partition coefficient (Wildman–Crippen LogP) is 3.03. The first-order valence-corrected chi connectivity index (χ1v) is 6.26. The third-order valence-electron chi connectivity index (χ3n) is 3.09. The average molecular weight is 252 g/mol. The number of aryl methyl sites for hydroxylation is 1. The van der Waals surface area contributed by atoms with Gasteiger partial charge in [-0.25, -0.2) is 0 Å². The van der Waals surface area contributed by atoms with Crippen LogP contribution in [0.3, 0.4) is 0 Å². The Morgan fingerprint density at radius 2 is 2.00 bits per heavy atom. The maximum absolute atomic E-state index is 3.96. The minimum Gasteiger partial charge on any atom is -0.381 e. The quantitative estimate of drug-likeness (QED) is 0.749. The molecule has 0 bridgehead atoms. The highest BCUT2D eigenvalue weighted by atomic mass is 15.1. The molecule has 0 fully saturated rings. The fraction of sp³-hybridized carbons (Fsp3) is 0.133. The molecule has 0 atom stereocenters. The van der Waals surface area contributed by atoms with E-state index in [4.69, 9.17) is 0 Å². The highest BCUT2D eigenvalue weighted by Crippen LogP contribution is 2.19. The Balaban J connectivity index is 1.66. The molecular weight excluding hydrogens is 236 g/mol. The van der Waals surface area contributed by atoms with Crippen LogP contribution in [-0.4, -0.2) is 14.8 Å². The minimum atomic E-state index is 0.838. The molecule has 0 aliphatic rings. The molecule has 2 heterocycles. The number of H-pyrrole nitrogens is 1. The molecule has 96 valence electrons. The molecule has 0 unspecified atom stereocenters. The van der Waals surface area contributed by atoms with Crippen LogP contribution in [0.15, 0.2) is 55.0 Å². The van der Waals surface area contributed by atoms with Gasteiger partial charge >= 0.3 is 0 Å². The number of anilines is 1. The molecule has 0 saturated heterocycles. The number of aromatic amines is 1. The van der Waals surface area contributed by atoms with Gasteiger partial charge in [-0.05, 0) is 35.4 Å². The molecule has 4 heteroatoms. The van der Waals surface area contributed by atoms with Crippen LogP contribution in [0.1, 0.15) is 5.56 Å². The first-order valence-electron chi connectivity index (χ1n) is 6.26. The summed E-state index contributed by atoms with van der Waals surface area (Å²) in [5, 5.41) is 10.3. The molecule has 2 aromatic heterocycles. The summed E-state index contributed by atoms with van der Waals surface area (Å²) in [5.74, 6) is 0. The third kappa shape index (κ3) is 2.68. The van der Waals surface area contributed by atoms with Crippen molar-refractivity contribution in [3.05, 3.63) is 60.6 Å². The maximum Gasteiger partial charge on any atom is 0.0650 e. The third-order valence-corrected chi connectivity index (χ3v) is 3.09. The molecule has 0 radical (unpaired) electrons. The van der Waals surface area contributed by atoms with Crippen LogP contribution in [0.4, 0.5) is 5.69 Å². The normalized spacial score (nSPS) is 10.6. The van der Waals surface area contributed by atoms with E-state index in [9.17, 15) is 0 Å². The highest BCUT2D eigenvalue weighted by molar-refractivity contribution is 5.62. The van der Waals surface area contributed by atoms with Crippen LogP contribution in [-0.2, 0) is 13.6 Å². The Labute approximate surface area is 112 Å². The minimum absolute atomic E-state index is 0.838. The van der Waals surface area contributed by atoms with Gasteiger partial charge in [0.25, 0.3) is 0 Å². The topological polar surface area (TPSA) is 45.6 Å². The van der Waals surface area contributed by atoms with E-state index in [1.807, 2.05) is 13.1 Å². The summed E-state index contributed by atoms with van der Waals surface area (Å²) >= 11 is 0. The largest absolute Gasteiger partial charge is 0.381 e. The second-order valence-corrected chi connectivity index (χ2v) is 4.59. The molecule has 0 aliphatic carbocycles. The summed E-state index contributed by atoms with van der Waals surface area (Å²) < 4.78 is 2.05. The number of benzene rings is 1. The van der Waals surface area contributed by atoms with Gasteiger partial charge in [-0.2, -0.15) is 5.10 Å². The Morgan fingerprint density at radius 3 is 2.63 bits per heavy atom. The lowest BCUT2D eigenvalue weighted by atomic mass is 10.1. The highest BCUT2D eigenvalue weighted by Gasteiger charge is 1.99. The summed E-state index contributed by atoms with van der Waals surface area (Å²) in [6, 6.07) is 12.4. The Bertz CT molecular complexity index is 635. The van der Waals surface area contributed by atoms with Crippen LogP contribution >= 0.6 is 0 Å². The smallest absolute Gasteiger partial charge is 0.0650 e. The van der Waals surface area contributed by atoms with Crippen molar-refractivity contribution in [2.24, 2.45) is 7.05 Å². The van der Waals surface area contributed by atoms with Gasteiger partial charge in [0.15, 0.2) is 0 Å². The van der Waals surface area contributed by atoms with Crippen molar-refractivity contribution in [2.75, 3.05) is 5.32 Å². The zero-order valence-electron chi connectivity index (χ0n) is 10.8. The molecule has 0 saturated carbocycles. The van der Waals surface area contributed by atoms with E-state index in [1.54, 1.807) is 6.20 Å². The number of hydrogen-bond acceptors (Lipinski definition) is 2. The fourth-order valence-electron chi connectivity index (χ4n) is 2.05. The molecule has 19 heavy (non-hydrogen) atoms. The van der Waals surface area contributed by atoms with E-state index < -0.39 is 0 Å². The van der Waals surface area contributed by atoms with Crippen molar-refractivity contribution >= 4 is 5.69 Å². The van der Waals surface area contributed by atoms with E-state index in [0.717, 1.165) is 23.5 Å². The van der Waals surface area contributed by atoms with Crippen molar-refractivity contribution in [2.45, 2.75) is 6.54 Å². The summed E-state index contributed by atoms with van der Waals surface area (Å²) in [7, 11) is 2.03. The Morgan fingerprint density at radius 1 is 1.16 bits per heavy atom. The van der Waals surface area contributed by atoms with E-state index in [0.29, 0.717) is 0 Å². The summed E-state index contributed by atoms with van der Waals surface area (Å²) in [6.07, 6.45) is 5.93. The van der Waals surface area contributed by atoms with Crippen LogP contribution in [0, 0.1) is 0 Å². The molecule has 0 amide bonds. The lowest BCUT2D eigenvalue weighted by molar-refractivity contribution is 0.920. The molecule has 0 aliphatic heterocycles. The van der Waals surface area contributed by atoms with Gasteiger partial charge in [0.1, 0.15) is 0 Å². The summed E-state index contributed by atoms with van der Waals surface area (Å²) in [5.41, 5.74) is 4.57. The van der Waals surface area contributed by atoms with Gasteiger partial charge in [-0.3, -0.25) is 5.10 Å². The number of nitrogens with one attached hydrogen (secondary N) is 2. The monoisotopic (exact) mass is 252 g/mol. The second kappa shape index (κ2) is 5.02. The van der Waals surface area contributed by atoms with Gasteiger partial charge < -0.3 is 9.88 Å². The number of hydrogen-bond donors (Lipinski definition) is 2. The maximum atomic E-state index is 3.96. The number of nitrogens with zero attached hydrogens (tertiary/aromatic N) is 2. The fourth-order valence-corrected chi connectivity index (χ4v) is 2.05. The summed E-state index contributed by atoms with van der Waals surface area (Å²) in [6.45, 7) is 0.838. The van der Waals surface area contributed by atoms with Crippen LogP contribution in [0.25, 0.3) is 11.3 Å². The lowest BCUT2D eigenvalue weighted by Crippen LogP contribution is -1.98. The van der Waals surface area contributed by atoms with E-state index in [2.05, 4.69) is 62.8 Å². The van der Waals surface area contributed by atoms with Gasteiger partial charge in [0, 0.05) is 37.9 Å². The Kier molecular flexibility index (Phi) is 3.06. The zero-order valence-corrected chi connectivity index (χ0v) is 10.8.